The summed E-state index contributed by atoms with van der Waals surface area (Å²) >= 11 is 17.8. The number of alkyl halides is 4. The van der Waals surface area contributed by atoms with Crippen LogP contribution in [0, 0.1) is 5.92 Å². The summed E-state index contributed by atoms with van der Waals surface area (Å²) in [7, 11) is -2.68. The average molecular weight is 602 g/mol. The summed E-state index contributed by atoms with van der Waals surface area (Å²) in [6, 6.07) is 7.82. The molecule has 2 aromatic rings. The Morgan fingerprint density at radius 1 is 1.05 bits per heavy atom. The molecular weight excluding hydrogens is 583 g/mol. The largest absolute Gasteiger partial charge is 0.435 e. The van der Waals surface area contributed by atoms with Crippen LogP contribution in [0.15, 0.2) is 41.6 Å². The zero-order chi connectivity index (χ0) is 27.0. The summed E-state index contributed by atoms with van der Waals surface area (Å²) < 4.78 is 77.0. The molecule has 3 aliphatic rings. The molecule has 200 valence electrons. The van der Waals surface area contributed by atoms with Gasteiger partial charge in [-0.2, -0.15) is 23.8 Å². The Morgan fingerprint density at radius 3 is 2.14 bits per heavy atom. The van der Waals surface area contributed by atoms with E-state index in [0.29, 0.717) is 5.56 Å². The standard InChI is InChI=1S/C23H19Cl3F4N2O4S/c24-16-5-15(6-17(25)19(16)26)22(23(28,29)30)7-18(31-36-22)12-1-3-14(4-2-12)21(27)10-32(11-21)20(33)13-8-37(34,35)9-13/h1-6,13,34-35H,7-11H2. The van der Waals surface area contributed by atoms with Crippen LogP contribution < -0.4 is 0 Å². The normalized spacial score (nSPS) is 25.5. The van der Waals surface area contributed by atoms with Crippen LogP contribution in [-0.2, 0) is 20.9 Å². The van der Waals surface area contributed by atoms with E-state index >= 15 is 4.39 Å². The highest BCUT2D eigenvalue weighted by atomic mass is 35.5. The quantitative estimate of drug-likeness (QED) is 0.305. The molecule has 2 aromatic carbocycles. The van der Waals surface area contributed by atoms with Gasteiger partial charge < -0.3 is 9.74 Å². The van der Waals surface area contributed by atoms with Gasteiger partial charge in [-0.05, 0) is 23.3 Å². The number of amides is 1. The fraction of sp³-hybridized carbons (Fsp3) is 0.391. The van der Waals surface area contributed by atoms with E-state index < -0.39 is 40.4 Å². The van der Waals surface area contributed by atoms with E-state index in [1.807, 2.05) is 0 Å². The zero-order valence-electron chi connectivity index (χ0n) is 18.7. The van der Waals surface area contributed by atoms with E-state index in [0.717, 1.165) is 12.1 Å². The first-order valence-electron chi connectivity index (χ1n) is 10.9. The third-order valence-corrected chi connectivity index (χ3v) is 9.92. The lowest BCUT2D eigenvalue weighted by Crippen LogP contribution is -2.62. The van der Waals surface area contributed by atoms with Crippen molar-refractivity contribution in [2.45, 2.75) is 23.9 Å². The van der Waals surface area contributed by atoms with Gasteiger partial charge in [0.05, 0.1) is 51.3 Å². The van der Waals surface area contributed by atoms with Crippen molar-refractivity contribution in [2.24, 2.45) is 11.1 Å². The summed E-state index contributed by atoms with van der Waals surface area (Å²) in [6.45, 7) is -0.388. The second-order valence-corrected chi connectivity index (χ2v) is 12.9. The summed E-state index contributed by atoms with van der Waals surface area (Å²) in [5.41, 5.74) is -4.45. The Hall–Kier alpha value is -1.76. The minimum Gasteiger partial charge on any atom is -0.374 e. The molecule has 1 unspecified atom stereocenters. The average Bonchev–Trinajstić information content (AvgIpc) is 3.25. The van der Waals surface area contributed by atoms with Gasteiger partial charge in [0, 0.05) is 12.0 Å². The Kier molecular flexibility index (Phi) is 6.45. The van der Waals surface area contributed by atoms with Crippen molar-refractivity contribution in [2.75, 3.05) is 24.6 Å². The van der Waals surface area contributed by atoms with Gasteiger partial charge in [0.15, 0.2) is 5.67 Å². The Labute approximate surface area is 225 Å². The van der Waals surface area contributed by atoms with Crippen LogP contribution in [-0.4, -0.2) is 56.4 Å². The molecule has 1 amide bonds. The van der Waals surface area contributed by atoms with E-state index in [9.17, 15) is 27.1 Å². The first kappa shape index (κ1) is 26.8. The molecule has 2 fully saturated rings. The van der Waals surface area contributed by atoms with Crippen molar-refractivity contribution in [3.8, 4) is 0 Å². The van der Waals surface area contributed by atoms with Crippen molar-refractivity contribution in [1.82, 2.24) is 4.90 Å². The second-order valence-electron chi connectivity index (χ2n) is 9.45. The number of carbonyl (C=O) groups excluding carboxylic acids is 1. The fourth-order valence-electron chi connectivity index (χ4n) is 4.70. The van der Waals surface area contributed by atoms with Crippen LogP contribution in [0.2, 0.25) is 15.1 Å². The maximum absolute atomic E-state index is 15.4. The number of halogens is 7. The lowest BCUT2D eigenvalue weighted by atomic mass is 9.84. The SMILES string of the molecule is O=C(C1CS(O)(O)C1)N1CC(F)(c2ccc(C3=NOC(c4cc(Cl)c(Cl)c(Cl)c4)(C(F)(F)F)C3)cc2)C1. The number of hydrogen-bond donors (Lipinski definition) is 2. The predicted molar refractivity (Wildman–Crippen MR) is 133 cm³/mol. The van der Waals surface area contributed by atoms with Crippen LogP contribution in [0.25, 0.3) is 0 Å². The van der Waals surface area contributed by atoms with Crippen molar-refractivity contribution in [3.63, 3.8) is 0 Å². The van der Waals surface area contributed by atoms with Crippen LogP contribution >= 0.6 is 45.4 Å². The van der Waals surface area contributed by atoms with E-state index in [-0.39, 0.29) is 62.4 Å². The first-order chi connectivity index (χ1) is 17.1. The molecule has 2 saturated heterocycles. The molecule has 0 aromatic heterocycles. The molecule has 0 aliphatic carbocycles. The first-order valence-corrected chi connectivity index (χ1v) is 14.0. The van der Waals surface area contributed by atoms with Gasteiger partial charge in [-0.1, -0.05) is 64.2 Å². The molecule has 0 bridgehead atoms. The highest BCUT2D eigenvalue weighted by Gasteiger charge is 2.62. The number of carbonyl (C=O) groups is 1. The van der Waals surface area contributed by atoms with Gasteiger partial charge in [-0.25, -0.2) is 4.39 Å². The van der Waals surface area contributed by atoms with Gasteiger partial charge in [0.1, 0.15) is 0 Å². The van der Waals surface area contributed by atoms with Crippen LogP contribution in [0.5, 0.6) is 0 Å². The van der Waals surface area contributed by atoms with Crippen LogP contribution in [0.1, 0.15) is 23.1 Å². The molecule has 1 atom stereocenters. The van der Waals surface area contributed by atoms with E-state index in [1.54, 1.807) is 0 Å². The van der Waals surface area contributed by atoms with Gasteiger partial charge in [0.2, 0.25) is 5.91 Å². The van der Waals surface area contributed by atoms with Gasteiger partial charge >= 0.3 is 6.18 Å². The molecule has 5 rings (SSSR count). The number of benzene rings is 2. The van der Waals surface area contributed by atoms with E-state index in [1.165, 1.54) is 29.2 Å². The van der Waals surface area contributed by atoms with E-state index in [2.05, 4.69) is 5.16 Å². The Bertz CT molecular complexity index is 1270. The smallest absolute Gasteiger partial charge is 0.374 e. The maximum Gasteiger partial charge on any atom is 0.435 e. The van der Waals surface area contributed by atoms with Crippen molar-refractivity contribution >= 4 is 57.0 Å². The molecule has 0 spiro atoms. The number of rotatable bonds is 4. The molecular formula is C23H19Cl3F4N2O4S. The number of nitrogens with zero attached hydrogens (tertiary/aromatic N) is 2. The van der Waals surface area contributed by atoms with Gasteiger partial charge in [-0.15, -0.1) is 0 Å². The molecule has 3 heterocycles. The fourth-order valence-corrected chi connectivity index (χ4v) is 6.77. The Balaban J connectivity index is 1.30. The lowest BCUT2D eigenvalue weighted by molar-refractivity contribution is -0.275. The summed E-state index contributed by atoms with van der Waals surface area (Å²) in [4.78, 5) is 18.7. The van der Waals surface area contributed by atoms with Gasteiger partial charge in [0.25, 0.3) is 5.60 Å². The maximum atomic E-state index is 15.4. The zero-order valence-corrected chi connectivity index (χ0v) is 21.8. The summed E-state index contributed by atoms with van der Waals surface area (Å²) in [5, 5.41) is 3.27. The topological polar surface area (TPSA) is 82.4 Å². The third kappa shape index (κ3) is 4.57. The summed E-state index contributed by atoms with van der Waals surface area (Å²) in [5.74, 6) is -0.848. The number of oxime groups is 1. The highest BCUT2D eigenvalue weighted by molar-refractivity contribution is 8.25. The third-order valence-electron chi connectivity index (χ3n) is 6.85. The second kappa shape index (κ2) is 8.89. The summed E-state index contributed by atoms with van der Waals surface area (Å²) in [6.07, 6.45) is -5.55. The molecule has 37 heavy (non-hydrogen) atoms. The highest BCUT2D eigenvalue weighted by Crippen LogP contribution is 2.53. The number of likely N-dealkylation sites (tertiary alicyclic amines) is 1. The van der Waals surface area contributed by atoms with Crippen LogP contribution in [0.3, 0.4) is 0 Å². The van der Waals surface area contributed by atoms with Crippen LogP contribution in [0.4, 0.5) is 17.6 Å². The monoisotopic (exact) mass is 600 g/mol. The van der Waals surface area contributed by atoms with Gasteiger partial charge in [-0.3, -0.25) is 13.9 Å². The van der Waals surface area contributed by atoms with E-state index in [4.69, 9.17) is 39.6 Å². The number of hydrogen-bond acceptors (Lipinski definition) is 5. The van der Waals surface area contributed by atoms with Crippen molar-refractivity contribution < 1.29 is 36.3 Å². The predicted octanol–water partition coefficient (Wildman–Crippen LogP) is 6.62. The minimum absolute atomic E-state index is 0.00561. The molecule has 0 radical (unpaired) electrons. The van der Waals surface area contributed by atoms with Crippen molar-refractivity contribution in [1.29, 1.82) is 0 Å². The lowest BCUT2D eigenvalue weighted by Gasteiger charge is -2.51. The Morgan fingerprint density at radius 2 is 1.62 bits per heavy atom. The van der Waals surface area contributed by atoms with Crippen molar-refractivity contribution in [3.05, 3.63) is 68.2 Å². The molecule has 0 saturated carbocycles. The minimum atomic E-state index is -4.88. The molecule has 6 nitrogen and oxygen atoms in total. The molecule has 3 aliphatic heterocycles. The molecule has 2 N–H and O–H groups in total. The molecule has 14 heteroatoms.